The van der Waals surface area contributed by atoms with Crippen LogP contribution >= 0.6 is 0 Å². The van der Waals surface area contributed by atoms with Crippen molar-refractivity contribution in [1.29, 1.82) is 0 Å². The third kappa shape index (κ3) is 2.82. The summed E-state index contributed by atoms with van der Waals surface area (Å²) in [6, 6.07) is 5.93. The lowest BCUT2D eigenvalue weighted by atomic mass is 10.0. The second kappa shape index (κ2) is 4.85. The first-order chi connectivity index (χ1) is 8.91. The average molecular weight is 269 g/mol. The molecule has 0 radical (unpaired) electrons. The number of H-pyrrole nitrogens is 1. The summed E-state index contributed by atoms with van der Waals surface area (Å²) < 4.78 is 37.9. The van der Waals surface area contributed by atoms with E-state index in [4.69, 9.17) is 5.73 Å². The van der Waals surface area contributed by atoms with E-state index in [-0.39, 0.29) is 17.8 Å². The molecule has 0 aliphatic heterocycles. The predicted molar refractivity (Wildman–Crippen MR) is 63.2 cm³/mol. The van der Waals surface area contributed by atoms with Gasteiger partial charge in [-0.25, -0.2) is 5.10 Å². The summed E-state index contributed by atoms with van der Waals surface area (Å²) in [5, 5.41) is 5.95. The molecule has 0 spiro atoms. The molecule has 0 saturated carbocycles. The minimum absolute atomic E-state index is 0.0164. The Morgan fingerprint density at radius 3 is 2.63 bits per heavy atom. The van der Waals surface area contributed by atoms with Crippen LogP contribution in [-0.2, 0) is 12.7 Å². The van der Waals surface area contributed by atoms with Crippen molar-refractivity contribution in [3.8, 4) is 11.3 Å². The Morgan fingerprint density at radius 1 is 1.26 bits per heavy atom. The summed E-state index contributed by atoms with van der Waals surface area (Å²) in [7, 11) is 0. The van der Waals surface area contributed by atoms with Crippen molar-refractivity contribution >= 4 is 0 Å². The van der Waals surface area contributed by atoms with Crippen LogP contribution < -0.4 is 11.3 Å². The number of nitrogens with one attached hydrogen (secondary N) is 1. The third-order valence-electron chi connectivity index (χ3n) is 2.57. The Morgan fingerprint density at radius 2 is 2.00 bits per heavy atom. The first-order valence-corrected chi connectivity index (χ1v) is 5.38. The highest BCUT2D eigenvalue weighted by molar-refractivity contribution is 5.63. The first-order valence-electron chi connectivity index (χ1n) is 5.38. The molecular weight excluding hydrogens is 259 g/mol. The SMILES string of the molecule is NCc1cc(=O)[nH]nc1-c1cccc(C(F)(F)F)c1. The average Bonchev–Trinajstić information content (AvgIpc) is 2.37. The van der Waals surface area contributed by atoms with Crippen molar-refractivity contribution in [3.05, 3.63) is 51.8 Å². The predicted octanol–water partition coefficient (Wildman–Crippen LogP) is 1.91. The van der Waals surface area contributed by atoms with Gasteiger partial charge in [0, 0.05) is 18.2 Å². The van der Waals surface area contributed by atoms with Gasteiger partial charge in [-0.2, -0.15) is 18.3 Å². The van der Waals surface area contributed by atoms with Crippen LogP contribution in [0.15, 0.2) is 35.1 Å². The van der Waals surface area contributed by atoms with E-state index in [9.17, 15) is 18.0 Å². The Hall–Kier alpha value is -2.15. The number of benzene rings is 1. The molecule has 3 N–H and O–H groups in total. The van der Waals surface area contributed by atoms with Gasteiger partial charge in [0.1, 0.15) is 0 Å². The molecule has 1 heterocycles. The van der Waals surface area contributed by atoms with Gasteiger partial charge in [-0.15, -0.1) is 0 Å². The second-order valence-electron chi connectivity index (χ2n) is 3.89. The van der Waals surface area contributed by atoms with E-state index < -0.39 is 17.3 Å². The summed E-state index contributed by atoms with van der Waals surface area (Å²) in [6.07, 6.45) is -4.43. The van der Waals surface area contributed by atoms with Crippen molar-refractivity contribution in [2.45, 2.75) is 12.7 Å². The van der Waals surface area contributed by atoms with E-state index in [0.29, 0.717) is 5.56 Å². The van der Waals surface area contributed by atoms with E-state index in [1.807, 2.05) is 0 Å². The van der Waals surface area contributed by atoms with Gasteiger partial charge < -0.3 is 5.73 Å². The zero-order chi connectivity index (χ0) is 14.0. The van der Waals surface area contributed by atoms with Crippen LogP contribution in [0.3, 0.4) is 0 Å². The van der Waals surface area contributed by atoms with Gasteiger partial charge in [0.05, 0.1) is 11.3 Å². The maximum atomic E-state index is 12.6. The molecule has 0 aliphatic carbocycles. The van der Waals surface area contributed by atoms with E-state index in [1.165, 1.54) is 18.2 Å². The fourth-order valence-electron chi connectivity index (χ4n) is 1.69. The van der Waals surface area contributed by atoms with Gasteiger partial charge in [-0.1, -0.05) is 12.1 Å². The van der Waals surface area contributed by atoms with Crippen LogP contribution in [0.4, 0.5) is 13.2 Å². The van der Waals surface area contributed by atoms with Gasteiger partial charge in [0.2, 0.25) is 0 Å². The van der Waals surface area contributed by atoms with Crippen molar-refractivity contribution < 1.29 is 13.2 Å². The van der Waals surface area contributed by atoms with E-state index in [0.717, 1.165) is 12.1 Å². The summed E-state index contributed by atoms with van der Waals surface area (Å²) in [5.74, 6) is 0. The zero-order valence-corrected chi connectivity index (χ0v) is 9.66. The Balaban J connectivity index is 2.56. The molecule has 4 nitrogen and oxygen atoms in total. The van der Waals surface area contributed by atoms with Crippen LogP contribution in [0.2, 0.25) is 0 Å². The fraction of sp³-hybridized carbons (Fsp3) is 0.167. The molecular formula is C12H10F3N3O. The van der Waals surface area contributed by atoms with Crippen molar-refractivity contribution in [2.75, 3.05) is 0 Å². The van der Waals surface area contributed by atoms with Gasteiger partial charge in [-0.3, -0.25) is 4.79 Å². The Kier molecular flexibility index (Phi) is 3.39. The maximum Gasteiger partial charge on any atom is 0.416 e. The second-order valence-corrected chi connectivity index (χ2v) is 3.89. The van der Waals surface area contributed by atoms with Crippen LogP contribution in [0, 0.1) is 0 Å². The quantitative estimate of drug-likeness (QED) is 0.874. The van der Waals surface area contributed by atoms with Gasteiger partial charge in [-0.05, 0) is 17.7 Å². The van der Waals surface area contributed by atoms with Gasteiger partial charge in [0.15, 0.2) is 0 Å². The summed E-state index contributed by atoms with van der Waals surface area (Å²) in [6.45, 7) is 0.0164. The molecule has 1 aromatic carbocycles. The number of hydrogen-bond acceptors (Lipinski definition) is 3. The monoisotopic (exact) mass is 269 g/mol. The lowest BCUT2D eigenvalue weighted by Crippen LogP contribution is -2.13. The highest BCUT2D eigenvalue weighted by atomic mass is 19.4. The van der Waals surface area contributed by atoms with E-state index >= 15 is 0 Å². The zero-order valence-electron chi connectivity index (χ0n) is 9.66. The maximum absolute atomic E-state index is 12.6. The largest absolute Gasteiger partial charge is 0.416 e. The van der Waals surface area contributed by atoms with Crippen LogP contribution in [-0.4, -0.2) is 10.2 Å². The number of aromatic amines is 1. The molecule has 100 valence electrons. The fourth-order valence-corrected chi connectivity index (χ4v) is 1.69. The van der Waals surface area contributed by atoms with Crippen LogP contribution in [0.1, 0.15) is 11.1 Å². The summed E-state index contributed by atoms with van der Waals surface area (Å²) in [4.78, 5) is 11.1. The molecule has 0 saturated heterocycles. The highest BCUT2D eigenvalue weighted by Gasteiger charge is 2.30. The number of nitrogens with zero attached hydrogens (tertiary/aromatic N) is 1. The topological polar surface area (TPSA) is 71.8 Å². The van der Waals surface area contributed by atoms with Gasteiger partial charge >= 0.3 is 6.18 Å². The van der Waals surface area contributed by atoms with Crippen LogP contribution in [0.25, 0.3) is 11.3 Å². The Bertz CT molecular complexity index is 649. The molecule has 0 unspecified atom stereocenters. The van der Waals surface area contributed by atoms with Gasteiger partial charge in [0.25, 0.3) is 5.56 Å². The first kappa shape index (κ1) is 13.3. The van der Waals surface area contributed by atoms with E-state index in [1.54, 1.807) is 0 Å². The molecule has 0 bridgehead atoms. The number of halogens is 3. The van der Waals surface area contributed by atoms with Crippen molar-refractivity contribution in [1.82, 2.24) is 10.2 Å². The molecule has 0 fully saturated rings. The molecule has 0 aliphatic rings. The number of alkyl halides is 3. The molecule has 1 aromatic heterocycles. The standard InChI is InChI=1S/C12H10F3N3O/c13-12(14,15)9-3-1-2-7(4-9)11-8(6-16)5-10(19)17-18-11/h1-5H,6,16H2,(H,17,19). The normalized spacial score (nSPS) is 11.6. The lowest BCUT2D eigenvalue weighted by molar-refractivity contribution is -0.137. The number of rotatable bonds is 2. The number of aromatic nitrogens is 2. The van der Waals surface area contributed by atoms with Crippen molar-refractivity contribution in [3.63, 3.8) is 0 Å². The van der Waals surface area contributed by atoms with E-state index in [2.05, 4.69) is 10.2 Å². The lowest BCUT2D eigenvalue weighted by Gasteiger charge is -2.10. The molecule has 7 heteroatoms. The number of hydrogen-bond donors (Lipinski definition) is 2. The highest BCUT2D eigenvalue weighted by Crippen LogP contribution is 2.32. The van der Waals surface area contributed by atoms with Crippen LogP contribution in [0.5, 0.6) is 0 Å². The third-order valence-corrected chi connectivity index (χ3v) is 2.57. The minimum atomic E-state index is -4.43. The summed E-state index contributed by atoms with van der Waals surface area (Å²) in [5.41, 5.74) is 5.13. The molecule has 19 heavy (non-hydrogen) atoms. The summed E-state index contributed by atoms with van der Waals surface area (Å²) >= 11 is 0. The molecule has 2 rings (SSSR count). The minimum Gasteiger partial charge on any atom is -0.326 e. The molecule has 0 atom stereocenters. The molecule has 2 aromatic rings. The Labute approximate surface area is 106 Å². The van der Waals surface area contributed by atoms with Crippen molar-refractivity contribution in [2.24, 2.45) is 5.73 Å². The molecule has 0 amide bonds. The smallest absolute Gasteiger partial charge is 0.326 e. The number of nitrogens with two attached hydrogens (primary N) is 1.